The average Bonchev–Trinajstić information content (AvgIpc) is 2.14. The molecule has 9 heteroatoms. The molecule has 17 heavy (non-hydrogen) atoms. The molecule has 0 spiro atoms. The van der Waals surface area contributed by atoms with Crippen molar-refractivity contribution < 1.29 is 21.2 Å². The number of halogens is 2. The van der Waals surface area contributed by atoms with Gasteiger partial charge in [-0.1, -0.05) is 0 Å². The van der Waals surface area contributed by atoms with Gasteiger partial charge in [-0.15, -0.1) is 0 Å². The van der Waals surface area contributed by atoms with E-state index in [-0.39, 0.29) is 14.9 Å². The monoisotopic (exact) mass is 343 g/mol. The standard InChI is InChI=1S/C8H7BrFNO4S2/c1-11(17(14,15)5-16(12)13)8-3-2-6(10)4-7(8)9/h2-5H,1H3. The number of hydrogen-bond donors (Lipinski definition) is 0. The minimum Gasteiger partial charge on any atom is -0.268 e. The van der Waals surface area contributed by atoms with Crippen LogP contribution in [0.1, 0.15) is 0 Å². The van der Waals surface area contributed by atoms with E-state index in [1.54, 1.807) is 0 Å². The third-order valence-electron chi connectivity index (χ3n) is 1.83. The Hall–Kier alpha value is -0.930. The fourth-order valence-corrected chi connectivity index (χ4v) is 3.52. The Bertz CT molecular complexity index is 661. The van der Waals surface area contributed by atoms with E-state index < -0.39 is 26.1 Å². The summed E-state index contributed by atoms with van der Waals surface area (Å²) in [5.74, 6) is -0.539. The predicted octanol–water partition coefficient (Wildman–Crippen LogP) is 0.993. The van der Waals surface area contributed by atoms with Gasteiger partial charge in [-0.3, -0.25) is 4.31 Å². The molecule has 5 nitrogen and oxygen atoms in total. The Morgan fingerprint density at radius 3 is 2.47 bits per heavy atom. The molecule has 0 unspecified atom stereocenters. The molecule has 0 aromatic heterocycles. The van der Waals surface area contributed by atoms with Gasteiger partial charge in [0.2, 0.25) is 10.3 Å². The Morgan fingerprint density at radius 2 is 2.00 bits per heavy atom. The molecule has 94 valence electrons. The first-order valence-electron chi connectivity index (χ1n) is 4.11. The number of sulfonamides is 1. The normalized spacial score (nSPS) is 11.0. The Balaban J connectivity index is 3.31. The summed E-state index contributed by atoms with van der Waals surface area (Å²) in [4.78, 5) is 0. The zero-order valence-corrected chi connectivity index (χ0v) is 11.7. The maximum Gasteiger partial charge on any atom is 0.272 e. The van der Waals surface area contributed by atoms with Crippen LogP contribution in [0.25, 0.3) is 0 Å². The molecule has 0 aliphatic heterocycles. The van der Waals surface area contributed by atoms with E-state index in [0.29, 0.717) is 0 Å². The van der Waals surface area contributed by atoms with E-state index in [0.717, 1.165) is 23.5 Å². The molecule has 0 bridgehead atoms. The van der Waals surface area contributed by atoms with Crippen molar-refractivity contribution in [2.75, 3.05) is 11.4 Å². The van der Waals surface area contributed by atoms with Crippen LogP contribution in [0.4, 0.5) is 10.1 Å². The van der Waals surface area contributed by atoms with Crippen LogP contribution in [0, 0.1) is 5.82 Å². The van der Waals surface area contributed by atoms with Crippen LogP contribution >= 0.6 is 15.9 Å². The van der Waals surface area contributed by atoms with Crippen molar-refractivity contribution in [3.63, 3.8) is 0 Å². The molecule has 1 rings (SSSR count). The second-order valence-corrected chi connectivity index (χ2v) is 6.69. The van der Waals surface area contributed by atoms with Crippen molar-refractivity contribution in [2.45, 2.75) is 0 Å². The maximum absolute atomic E-state index is 12.8. The third-order valence-corrected chi connectivity index (χ3v) is 5.03. The lowest BCUT2D eigenvalue weighted by Crippen LogP contribution is -2.27. The van der Waals surface area contributed by atoms with Crippen molar-refractivity contribution in [3.8, 4) is 0 Å². The lowest BCUT2D eigenvalue weighted by Gasteiger charge is -2.17. The van der Waals surface area contributed by atoms with E-state index in [1.165, 1.54) is 6.07 Å². The average molecular weight is 344 g/mol. The molecule has 0 aliphatic rings. The van der Waals surface area contributed by atoms with E-state index in [4.69, 9.17) is 0 Å². The lowest BCUT2D eigenvalue weighted by molar-refractivity contribution is 0.606. The molecule has 0 fully saturated rings. The Morgan fingerprint density at radius 1 is 1.41 bits per heavy atom. The summed E-state index contributed by atoms with van der Waals surface area (Å²) in [7, 11) is -5.78. The second kappa shape index (κ2) is 5.15. The highest BCUT2D eigenvalue weighted by atomic mass is 79.9. The zero-order valence-electron chi connectivity index (χ0n) is 8.46. The van der Waals surface area contributed by atoms with Gasteiger partial charge in [0.05, 0.1) is 5.69 Å². The Labute approximate surface area is 108 Å². The molecule has 1 aromatic rings. The van der Waals surface area contributed by atoms with Crippen LogP contribution in [-0.2, 0) is 20.3 Å². The van der Waals surface area contributed by atoms with Gasteiger partial charge in [0.15, 0.2) is 4.70 Å². The number of anilines is 1. The van der Waals surface area contributed by atoms with Gasteiger partial charge in [0, 0.05) is 11.5 Å². The molecule has 0 N–H and O–H groups in total. The smallest absolute Gasteiger partial charge is 0.268 e. The molecule has 0 saturated carbocycles. The van der Waals surface area contributed by atoms with Gasteiger partial charge in [-0.25, -0.2) is 12.8 Å². The summed E-state index contributed by atoms with van der Waals surface area (Å²) < 4.78 is 57.7. The SMILES string of the molecule is CN(c1ccc(F)cc1Br)S(=O)(=O)C=S(=O)=O. The fraction of sp³-hybridized carbons (Fsp3) is 0.125. The predicted molar refractivity (Wildman–Crippen MR) is 66.4 cm³/mol. The molecule has 0 aliphatic carbocycles. The molecule has 1 aromatic carbocycles. The van der Waals surface area contributed by atoms with Crippen LogP contribution in [0.2, 0.25) is 0 Å². The molecule has 0 saturated heterocycles. The fourth-order valence-electron chi connectivity index (χ4n) is 1.04. The molecule has 0 atom stereocenters. The van der Waals surface area contributed by atoms with E-state index in [1.807, 2.05) is 0 Å². The molecule has 0 amide bonds. The summed E-state index contributed by atoms with van der Waals surface area (Å²) in [6.45, 7) is 0. The van der Waals surface area contributed by atoms with Gasteiger partial charge < -0.3 is 0 Å². The Kier molecular flexibility index (Phi) is 4.28. The molecular weight excluding hydrogens is 337 g/mol. The minimum absolute atomic E-state index is 0.133. The van der Waals surface area contributed by atoms with Gasteiger partial charge in [0.1, 0.15) is 5.82 Å². The van der Waals surface area contributed by atoms with Crippen molar-refractivity contribution in [1.82, 2.24) is 0 Å². The van der Waals surface area contributed by atoms with Crippen LogP contribution in [-0.4, -0.2) is 28.6 Å². The summed E-state index contributed by atoms with van der Waals surface area (Å²) in [6, 6.07) is 3.37. The first kappa shape index (κ1) is 14.1. The highest BCUT2D eigenvalue weighted by molar-refractivity contribution is 9.10. The van der Waals surface area contributed by atoms with Gasteiger partial charge in [-0.05, 0) is 34.1 Å². The van der Waals surface area contributed by atoms with Crippen molar-refractivity contribution in [1.29, 1.82) is 0 Å². The number of benzene rings is 1. The van der Waals surface area contributed by atoms with Crippen LogP contribution in [0.5, 0.6) is 0 Å². The largest absolute Gasteiger partial charge is 0.272 e. The first-order chi connectivity index (χ1) is 7.74. The van der Waals surface area contributed by atoms with Crippen molar-refractivity contribution in [2.24, 2.45) is 0 Å². The van der Waals surface area contributed by atoms with E-state index in [2.05, 4.69) is 15.9 Å². The highest BCUT2D eigenvalue weighted by Gasteiger charge is 2.18. The van der Waals surface area contributed by atoms with Crippen LogP contribution in [0.3, 0.4) is 0 Å². The summed E-state index contributed by atoms with van der Waals surface area (Å²) in [5, 5.41) is 0. The van der Waals surface area contributed by atoms with Crippen molar-refractivity contribution in [3.05, 3.63) is 28.5 Å². The van der Waals surface area contributed by atoms with E-state index >= 15 is 0 Å². The molecule has 0 heterocycles. The summed E-state index contributed by atoms with van der Waals surface area (Å²) >= 11 is 2.99. The maximum atomic E-state index is 12.8. The van der Waals surface area contributed by atoms with Crippen LogP contribution in [0.15, 0.2) is 22.7 Å². The second-order valence-electron chi connectivity index (χ2n) is 2.96. The van der Waals surface area contributed by atoms with E-state index in [9.17, 15) is 21.2 Å². The molecular formula is C8H7BrFNO4S2. The minimum atomic E-state index is -4.10. The number of nitrogens with zero attached hydrogens (tertiary/aromatic N) is 1. The highest BCUT2D eigenvalue weighted by Crippen LogP contribution is 2.27. The number of hydrogen-bond acceptors (Lipinski definition) is 4. The third kappa shape index (κ3) is 3.51. The topological polar surface area (TPSA) is 71.5 Å². The summed E-state index contributed by atoms with van der Waals surface area (Å²) in [6.07, 6.45) is 0. The summed E-state index contributed by atoms with van der Waals surface area (Å²) in [5.41, 5.74) is 0.133. The van der Waals surface area contributed by atoms with Crippen LogP contribution < -0.4 is 4.31 Å². The lowest BCUT2D eigenvalue weighted by atomic mass is 10.3. The number of rotatable bonds is 3. The first-order valence-corrected chi connectivity index (χ1v) is 7.54. The molecule has 0 radical (unpaired) electrons. The van der Waals surface area contributed by atoms with Gasteiger partial charge in [0.25, 0.3) is 10.0 Å². The van der Waals surface area contributed by atoms with Crippen molar-refractivity contribution >= 4 is 46.6 Å². The zero-order chi connectivity index (χ0) is 13.2. The van der Waals surface area contributed by atoms with Gasteiger partial charge in [-0.2, -0.15) is 8.42 Å². The van der Waals surface area contributed by atoms with Gasteiger partial charge >= 0.3 is 0 Å². The quantitative estimate of drug-likeness (QED) is 0.767.